The van der Waals surface area contributed by atoms with E-state index in [2.05, 4.69) is 47.8 Å². The standard InChI is InChI=1S/C15H14OS.C4H11NO2/c1-2-6-13(7-3-1)17-14-9-8-12-5-4-10-16-15(12)11-14;1-5-4(2-6)3-7/h1-3,6-9,11H,4-5,10H2;4-7H,2-3H2,1H3. The van der Waals surface area contributed by atoms with Crippen molar-refractivity contribution in [3.8, 4) is 5.75 Å². The fourth-order valence-electron chi connectivity index (χ4n) is 2.25. The van der Waals surface area contributed by atoms with E-state index in [0.717, 1.165) is 25.2 Å². The zero-order valence-corrected chi connectivity index (χ0v) is 14.8. The molecular formula is C19H25NO3S. The van der Waals surface area contributed by atoms with E-state index in [4.69, 9.17) is 14.9 Å². The van der Waals surface area contributed by atoms with Gasteiger partial charge in [0.15, 0.2) is 0 Å². The van der Waals surface area contributed by atoms with Crippen molar-refractivity contribution in [3.63, 3.8) is 0 Å². The molecule has 0 saturated heterocycles. The van der Waals surface area contributed by atoms with Gasteiger partial charge in [-0.15, -0.1) is 0 Å². The van der Waals surface area contributed by atoms with Gasteiger partial charge in [-0.05, 0) is 49.7 Å². The number of aryl methyl sites for hydroxylation is 1. The average molecular weight is 347 g/mol. The number of benzene rings is 2. The summed E-state index contributed by atoms with van der Waals surface area (Å²) >= 11 is 1.78. The van der Waals surface area contributed by atoms with Crippen LogP contribution in [0.5, 0.6) is 5.75 Å². The van der Waals surface area contributed by atoms with Gasteiger partial charge in [-0.3, -0.25) is 0 Å². The molecule has 24 heavy (non-hydrogen) atoms. The summed E-state index contributed by atoms with van der Waals surface area (Å²) in [4.78, 5) is 2.51. The number of nitrogens with one attached hydrogen (secondary N) is 1. The van der Waals surface area contributed by atoms with E-state index < -0.39 is 0 Å². The van der Waals surface area contributed by atoms with Crippen LogP contribution in [-0.4, -0.2) is 43.1 Å². The summed E-state index contributed by atoms with van der Waals surface area (Å²) < 4.78 is 5.69. The van der Waals surface area contributed by atoms with Crippen LogP contribution in [0.3, 0.4) is 0 Å². The van der Waals surface area contributed by atoms with E-state index in [-0.39, 0.29) is 19.3 Å². The normalized spacial score (nSPS) is 12.8. The summed E-state index contributed by atoms with van der Waals surface area (Å²) in [5, 5.41) is 19.3. The molecule has 0 aliphatic carbocycles. The Morgan fingerprint density at radius 3 is 2.46 bits per heavy atom. The molecule has 3 rings (SSSR count). The molecule has 0 fully saturated rings. The molecule has 0 atom stereocenters. The first-order valence-corrected chi connectivity index (χ1v) is 8.96. The second-order valence-electron chi connectivity index (χ2n) is 5.49. The average Bonchev–Trinajstić information content (AvgIpc) is 2.64. The number of aliphatic hydroxyl groups is 2. The van der Waals surface area contributed by atoms with Gasteiger partial charge in [-0.25, -0.2) is 0 Å². The van der Waals surface area contributed by atoms with Crippen molar-refractivity contribution < 1.29 is 14.9 Å². The number of ether oxygens (including phenoxy) is 1. The second-order valence-corrected chi connectivity index (χ2v) is 6.63. The molecule has 0 saturated carbocycles. The molecule has 3 N–H and O–H groups in total. The molecule has 0 bridgehead atoms. The fourth-order valence-corrected chi connectivity index (χ4v) is 3.12. The van der Waals surface area contributed by atoms with E-state index in [1.165, 1.54) is 15.4 Å². The minimum absolute atomic E-state index is 0.00694. The molecule has 0 aromatic heterocycles. The van der Waals surface area contributed by atoms with Gasteiger partial charge in [-0.1, -0.05) is 36.0 Å². The molecule has 2 aromatic rings. The summed E-state index contributed by atoms with van der Waals surface area (Å²) in [7, 11) is 1.69. The van der Waals surface area contributed by atoms with Crippen molar-refractivity contribution in [3.05, 3.63) is 54.1 Å². The minimum atomic E-state index is -0.153. The lowest BCUT2D eigenvalue weighted by atomic mass is 10.1. The maximum Gasteiger partial charge on any atom is 0.123 e. The van der Waals surface area contributed by atoms with Crippen LogP contribution in [0.15, 0.2) is 58.3 Å². The third-order valence-corrected chi connectivity index (χ3v) is 4.71. The second kappa shape index (κ2) is 10.4. The Morgan fingerprint density at radius 2 is 1.83 bits per heavy atom. The number of fused-ring (bicyclic) bond motifs is 1. The van der Waals surface area contributed by atoms with Crippen LogP contribution >= 0.6 is 11.8 Å². The lowest BCUT2D eigenvalue weighted by molar-refractivity contribution is 0.177. The summed E-state index contributed by atoms with van der Waals surface area (Å²) in [5.41, 5.74) is 1.34. The highest BCUT2D eigenvalue weighted by Gasteiger charge is 2.10. The lowest BCUT2D eigenvalue weighted by Crippen LogP contribution is -2.32. The van der Waals surface area contributed by atoms with E-state index >= 15 is 0 Å². The molecule has 0 unspecified atom stereocenters. The molecule has 0 radical (unpaired) electrons. The van der Waals surface area contributed by atoms with Crippen molar-refractivity contribution >= 4 is 11.8 Å². The largest absolute Gasteiger partial charge is 0.493 e. The zero-order chi connectivity index (χ0) is 17.2. The Labute approximate surface area is 147 Å². The molecule has 0 spiro atoms. The number of rotatable bonds is 5. The summed E-state index contributed by atoms with van der Waals surface area (Å²) in [6.45, 7) is 0.840. The summed E-state index contributed by atoms with van der Waals surface area (Å²) in [6, 6.07) is 16.8. The summed E-state index contributed by atoms with van der Waals surface area (Å²) in [5.74, 6) is 1.07. The molecule has 5 heteroatoms. The minimum Gasteiger partial charge on any atom is -0.493 e. The zero-order valence-electron chi connectivity index (χ0n) is 13.9. The van der Waals surface area contributed by atoms with Crippen molar-refractivity contribution in [1.82, 2.24) is 5.32 Å². The van der Waals surface area contributed by atoms with Gasteiger partial charge >= 0.3 is 0 Å². The van der Waals surface area contributed by atoms with Crippen LogP contribution in [0.1, 0.15) is 12.0 Å². The SMILES string of the molecule is CNC(CO)CO.c1ccc(Sc2ccc3c(c2)OCCC3)cc1. The number of likely N-dealkylation sites (N-methyl/N-ethyl adjacent to an activating group) is 1. The Kier molecular flexibility index (Phi) is 8.12. The molecular weight excluding hydrogens is 322 g/mol. The van der Waals surface area contributed by atoms with Gasteiger partial charge in [0.25, 0.3) is 0 Å². The Morgan fingerprint density at radius 1 is 1.08 bits per heavy atom. The topological polar surface area (TPSA) is 61.7 Å². The first-order valence-electron chi connectivity index (χ1n) is 8.14. The highest BCUT2D eigenvalue weighted by molar-refractivity contribution is 7.99. The maximum atomic E-state index is 8.30. The number of hydrogen-bond acceptors (Lipinski definition) is 5. The Balaban J connectivity index is 0.000000256. The van der Waals surface area contributed by atoms with Crippen LogP contribution < -0.4 is 10.1 Å². The van der Waals surface area contributed by atoms with Crippen molar-refractivity contribution in [2.75, 3.05) is 26.9 Å². The predicted octanol–water partition coefficient (Wildman–Crippen LogP) is 2.72. The Hall–Kier alpha value is -1.53. The highest BCUT2D eigenvalue weighted by atomic mass is 32.2. The van der Waals surface area contributed by atoms with Gasteiger partial charge in [0.05, 0.1) is 25.9 Å². The third-order valence-electron chi connectivity index (χ3n) is 3.71. The fraction of sp³-hybridized carbons (Fsp3) is 0.368. The van der Waals surface area contributed by atoms with E-state index in [1.54, 1.807) is 18.8 Å². The van der Waals surface area contributed by atoms with Gasteiger partial charge in [0.1, 0.15) is 5.75 Å². The van der Waals surface area contributed by atoms with Crippen molar-refractivity contribution in [1.29, 1.82) is 0 Å². The predicted molar refractivity (Wildman–Crippen MR) is 97.8 cm³/mol. The molecule has 0 amide bonds. The Bertz CT molecular complexity index is 597. The molecule has 1 heterocycles. The van der Waals surface area contributed by atoms with Crippen LogP contribution in [-0.2, 0) is 6.42 Å². The van der Waals surface area contributed by atoms with Crippen LogP contribution in [0.25, 0.3) is 0 Å². The molecule has 1 aliphatic rings. The van der Waals surface area contributed by atoms with E-state index in [0.29, 0.717) is 0 Å². The molecule has 130 valence electrons. The number of aliphatic hydroxyl groups excluding tert-OH is 2. The highest BCUT2D eigenvalue weighted by Crippen LogP contribution is 2.33. The number of hydrogen-bond donors (Lipinski definition) is 3. The molecule has 1 aliphatic heterocycles. The van der Waals surface area contributed by atoms with Gasteiger partial charge < -0.3 is 20.3 Å². The third kappa shape index (κ3) is 5.83. The van der Waals surface area contributed by atoms with Gasteiger partial charge in [0.2, 0.25) is 0 Å². The van der Waals surface area contributed by atoms with Crippen LogP contribution in [0, 0.1) is 0 Å². The lowest BCUT2D eigenvalue weighted by Gasteiger charge is -2.17. The van der Waals surface area contributed by atoms with Gasteiger partial charge in [-0.2, -0.15) is 0 Å². The van der Waals surface area contributed by atoms with Crippen molar-refractivity contribution in [2.45, 2.75) is 28.7 Å². The van der Waals surface area contributed by atoms with Crippen LogP contribution in [0.4, 0.5) is 0 Å². The summed E-state index contributed by atoms with van der Waals surface area (Å²) in [6.07, 6.45) is 2.28. The van der Waals surface area contributed by atoms with Crippen molar-refractivity contribution in [2.24, 2.45) is 0 Å². The van der Waals surface area contributed by atoms with E-state index in [1.807, 2.05) is 6.07 Å². The molecule has 4 nitrogen and oxygen atoms in total. The monoisotopic (exact) mass is 347 g/mol. The van der Waals surface area contributed by atoms with E-state index in [9.17, 15) is 0 Å². The van der Waals surface area contributed by atoms with Crippen LogP contribution in [0.2, 0.25) is 0 Å². The van der Waals surface area contributed by atoms with Gasteiger partial charge in [0, 0.05) is 9.79 Å². The molecule has 2 aromatic carbocycles. The maximum absolute atomic E-state index is 8.30. The smallest absolute Gasteiger partial charge is 0.123 e. The first kappa shape index (κ1) is 18.8. The quantitative estimate of drug-likeness (QED) is 0.776. The first-order chi connectivity index (χ1) is 11.8.